The van der Waals surface area contributed by atoms with E-state index in [0.717, 1.165) is 6.54 Å². The summed E-state index contributed by atoms with van der Waals surface area (Å²) in [6.45, 7) is 1.31. The Morgan fingerprint density at radius 3 is 3.06 bits per heavy atom. The van der Waals surface area contributed by atoms with E-state index in [1.54, 1.807) is 0 Å². The Morgan fingerprint density at radius 1 is 1.56 bits per heavy atom. The van der Waals surface area contributed by atoms with Gasteiger partial charge in [0.1, 0.15) is 5.82 Å². The summed E-state index contributed by atoms with van der Waals surface area (Å²) >= 11 is 1.96. The van der Waals surface area contributed by atoms with Crippen molar-refractivity contribution in [1.82, 2.24) is 5.32 Å². The summed E-state index contributed by atoms with van der Waals surface area (Å²) < 4.78 is 13.5. The number of primary amides is 1. The van der Waals surface area contributed by atoms with E-state index in [4.69, 9.17) is 5.73 Å². The summed E-state index contributed by atoms with van der Waals surface area (Å²) in [6, 6.07) is 4.22. The maximum absolute atomic E-state index is 13.5. The van der Waals surface area contributed by atoms with Crippen molar-refractivity contribution in [2.75, 3.05) is 12.3 Å². The molecule has 1 aliphatic heterocycles. The smallest absolute Gasteiger partial charge is 0.248 e. The fourth-order valence-electron chi connectivity index (χ4n) is 2.04. The predicted octanol–water partition coefficient (Wildman–Crippen LogP) is 1.91. The summed E-state index contributed by atoms with van der Waals surface area (Å²) in [7, 11) is 0. The van der Waals surface area contributed by atoms with Crippen LogP contribution >= 0.6 is 11.8 Å². The van der Waals surface area contributed by atoms with Gasteiger partial charge in [-0.05, 0) is 36.8 Å². The van der Waals surface area contributed by atoms with Gasteiger partial charge < -0.3 is 11.1 Å². The Balaban J connectivity index is 1.91. The number of thioether (sulfide) groups is 1. The molecular weight excluding hydrogens is 251 g/mol. The summed E-state index contributed by atoms with van der Waals surface area (Å²) in [5.74, 6) is 0.395. The molecule has 1 aromatic carbocycles. The lowest BCUT2D eigenvalue weighted by Crippen LogP contribution is -2.23. The van der Waals surface area contributed by atoms with Crippen molar-refractivity contribution >= 4 is 17.7 Å². The number of hydrogen-bond donors (Lipinski definition) is 2. The van der Waals surface area contributed by atoms with Crippen LogP contribution in [-0.4, -0.2) is 23.5 Å². The SMILES string of the molecule is NC(=O)c1ccc(F)c(CNCC2CCCS2)c1. The van der Waals surface area contributed by atoms with Crippen LogP contribution in [0, 0.1) is 5.82 Å². The number of hydrogen-bond acceptors (Lipinski definition) is 3. The Hall–Kier alpha value is -1.07. The van der Waals surface area contributed by atoms with Crippen molar-refractivity contribution in [2.45, 2.75) is 24.6 Å². The molecular formula is C13H17FN2OS. The average Bonchev–Trinajstić information content (AvgIpc) is 2.84. The van der Waals surface area contributed by atoms with E-state index < -0.39 is 5.91 Å². The topological polar surface area (TPSA) is 55.1 Å². The molecule has 3 N–H and O–H groups in total. The standard InChI is InChI=1S/C13H17FN2OS/c14-12-4-3-9(13(15)17)6-10(12)7-16-8-11-2-1-5-18-11/h3-4,6,11,16H,1-2,5,7-8H2,(H2,15,17). The van der Waals surface area contributed by atoms with Crippen LogP contribution in [0.5, 0.6) is 0 Å². The van der Waals surface area contributed by atoms with Crippen LogP contribution in [-0.2, 0) is 6.54 Å². The fraction of sp³-hybridized carbons (Fsp3) is 0.462. The minimum absolute atomic E-state index is 0.299. The van der Waals surface area contributed by atoms with Gasteiger partial charge >= 0.3 is 0 Å². The molecule has 98 valence electrons. The van der Waals surface area contributed by atoms with Gasteiger partial charge in [-0.3, -0.25) is 4.79 Å². The van der Waals surface area contributed by atoms with Gasteiger partial charge in [0.05, 0.1) is 0 Å². The summed E-state index contributed by atoms with van der Waals surface area (Å²) in [4.78, 5) is 11.0. The maximum atomic E-state index is 13.5. The molecule has 3 nitrogen and oxygen atoms in total. The van der Waals surface area contributed by atoms with Crippen molar-refractivity contribution in [3.63, 3.8) is 0 Å². The molecule has 0 spiro atoms. The Kier molecular flexibility index (Phi) is 4.60. The summed E-state index contributed by atoms with van der Waals surface area (Å²) in [5, 5.41) is 3.87. The Labute approximate surface area is 110 Å². The van der Waals surface area contributed by atoms with Crippen molar-refractivity contribution in [3.8, 4) is 0 Å². The number of amides is 1. The van der Waals surface area contributed by atoms with E-state index in [0.29, 0.717) is 22.9 Å². The van der Waals surface area contributed by atoms with Crippen LogP contribution in [0.2, 0.25) is 0 Å². The zero-order chi connectivity index (χ0) is 13.0. The number of nitrogens with one attached hydrogen (secondary N) is 1. The van der Waals surface area contributed by atoms with E-state index >= 15 is 0 Å². The third-order valence-corrected chi connectivity index (χ3v) is 4.44. The van der Waals surface area contributed by atoms with Gasteiger partial charge in [0.25, 0.3) is 0 Å². The second kappa shape index (κ2) is 6.20. The minimum Gasteiger partial charge on any atom is -0.366 e. The molecule has 1 atom stereocenters. The third-order valence-electron chi connectivity index (χ3n) is 3.04. The van der Waals surface area contributed by atoms with Gasteiger partial charge in [0.2, 0.25) is 5.91 Å². The van der Waals surface area contributed by atoms with Gasteiger partial charge in [-0.15, -0.1) is 0 Å². The second-order valence-electron chi connectivity index (χ2n) is 4.44. The maximum Gasteiger partial charge on any atom is 0.248 e. The Morgan fingerprint density at radius 2 is 2.39 bits per heavy atom. The largest absolute Gasteiger partial charge is 0.366 e. The van der Waals surface area contributed by atoms with Crippen molar-refractivity contribution < 1.29 is 9.18 Å². The zero-order valence-corrected chi connectivity index (χ0v) is 10.9. The minimum atomic E-state index is -0.525. The lowest BCUT2D eigenvalue weighted by molar-refractivity contribution is 0.1000. The molecule has 2 rings (SSSR count). The van der Waals surface area contributed by atoms with Gasteiger partial charge in [-0.25, -0.2) is 4.39 Å². The highest BCUT2D eigenvalue weighted by molar-refractivity contribution is 8.00. The molecule has 0 saturated carbocycles. The molecule has 1 aliphatic rings. The van der Waals surface area contributed by atoms with Crippen LogP contribution in [0.1, 0.15) is 28.8 Å². The van der Waals surface area contributed by atoms with E-state index in [2.05, 4.69) is 5.32 Å². The molecule has 1 unspecified atom stereocenters. The molecule has 1 amide bonds. The van der Waals surface area contributed by atoms with Gasteiger partial charge in [-0.2, -0.15) is 11.8 Å². The van der Waals surface area contributed by atoms with E-state index in [1.807, 2.05) is 11.8 Å². The van der Waals surface area contributed by atoms with E-state index in [-0.39, 0.29) is 5.82 Å². The number of carbonyl (C=O) groups is 1. The van der Waals surface area contributed by atoms with Crippen LogP contribution < -0.4 is 11.1 Å². The number of carbonyl (C=O) groups excluding carboxylic acids is 1. The van der Waals surface area contributed by atoms with Crippen molar-refractivity contribution in [3.05, 3.63) is 35.1 Å². The fourth-order valence-corrected chi connectivity index (χ4v) is 3.27. The average molecular weight is 268 g/mol. The first-order chi connectivity index (χ1) is 8.66. The summed E-state index contributed by atoms with van der Waals surface area (Å²) in [5.41, 5.74) is 6.02. The third kappa shape index (κ3) is 3.46. The molecule has 0 aromatic heterocycles. The Bertz CT molecular complexity index is 433. The van der Waals surface area contributed by atoms with Crippen molar-refractivity contribution in [2.24, 2.45) is 5.73 Å². The molecule has 0 radical (unpaired) electrons. The molecule has 1 heterocycles. The van der Waals surface area contributed by atoms with Gasteiger partial charge in [-0.1, -0.05) is 0 Å². The monoisotopic (exact) mass is 268 g/mol. The first-order valence-corrected chi connectivity index (χ1v) is 7.12. The van der Waals surface area contributed by atoms with Crippen LogP contribution in [0.3, 0.4) is 0 Å². The zero-order valence-electron chi connectivity index (χ0n) is 10.1. The van der Waals surface area contributed by atoms with Gasteiger partial charge in [0.15, 0.2) is 0 Å². The molecule has 1 aromatic rings. The summed E-state index contributed by atoms with van der Waals surface area (Å²) in [6.07, 6.45) is 2.49. The lowest BCUT2D eigenvalue weighted by atomic mass is 10.1. The lowest BCUT2D eigenvalue weighted by Gasteiger charge is -2.11. The molecule has 0 aliphatic carbocycles. The molecule has 5 heteroatoms. The number of nitrogens with two attached hydrogens (primary N) is 1. The number of benzene rings is 1. The molecule has 18 heavy (non-hydrogen) atoms. The number of halogens is 1. The van der Waals surface area contributed by atoms with Gasteiger partial charge in [0, 0.05) is 29.5 Å². The normalized spacial score (nSPS) is 19.1. The highest BCUT2D eigenvalue weighted by atomic mass is 32.2. The first-order valence-electron chi connectivity index (χ1n) is 6.07. The first kappa shape index (κ1) is 13.4. The quantitative estimate of drug-likeness (QED) is 0.857. The highest BCUT2D eigenvalue weighted by Crippen LogP contribution is 2.25. The number of rotatable bonds is 5. The second-order valence-corrected chi connectivity index (χ2v) is 5.84. The predicted molar refractivity (Wildman–Crippen MR) is 72.1 cm³/mol. The van der Waals surface area contributed by atoms with Crippen LogP contribution in [0.25, 0.3) is 0 Å². The van der Waals surface area contributed by atoms with E-state index in [9.17, 15) is 9.18 Å². The van der Waals surface area contributed by atoms with Crippen LogP contribution in [0.4, 0.5) is 4.39 Å². The molecule has 0 bridgehead atoms. The molecule has 1 fully saturated rings. The van der Waals surface area contributed by atoms with Crippen molar-refractivity contribution in [1.29, 1.82) is 0 Å². The molecule has 1 saturated heterocycles. The van der Waals surface area contributed by atoms with E-state index in [1.165, 1.54) is 36.8 Å². The van der Waals surface area contributed by atoms with Crippen LogP contribution in [0.15, 0.2) is 18.2 Å². The highest BCUT2D eigenvalue weighted by Gasteiger charge is 2.15.